The highest BCUT2D eigenvalue weighted by atomic mass is 16.5. The molecule has 10 heavy (non-hydrogen) atoms. The molecule has 0 unspecified atom stereocenters. The van der Waals surface area contributed by atoms with Gasteiger partial charge in [0.15, 0.2) is 6.54 Å². The van der Waals surface area contributed by atoms with Crippen LogP contribution in [0.5, 0.6) is 0 Å². The number of aliphatic carboxylic acids is 1. The van der Waals surface area contributed by atoms with E-state index in [0.717, 1.165) is 0 Å². The molecule has 0 aromatic heterocycles. The molecule has 0 radical (unpaired) electrons. The summed E-state index contributed by atoms with van der Waals surface area (Å²) in [7, 11) is 6.00. The molecule has 0 aliphatic rings. The Morgan fingerprint density at radius 2 is 1.90 bits per heavy atom. The van der Waals surface area contributed by atoms with Crippen LogP contribution in [0.4, 0.5) is 0 Å². The van der Waals surface area contributed by atoms with Gasteiger partial charge in [-0.15, -0.1) is 0 Å². The molecule has 0 spiro atoms. The van der Waals surface area contributed by atoms with Crippen LogP contribution in [0.2, 0.25) is 0 Å². The van der Waals surface area contributed by atoms with Crippen LogP contribution in [0, 0.1) is 5.21 Å². The average molecular weight is 150 g/mol. The minimum atomic E-state index is -1.08. The molecule has 0 amide bonds. The molecule has 62 valence electrons. The Hall–Kier alpha value is -0.650. The molecule has 0 fully saturated rings. The number of carboxylic acids is 1. The molecular weight excluding hydrogens is 136 g/mol. The van der Waals surface area contributed by atoms with Crippen LogP contribution >= 0.6 is 0 Å². The van der Waals surface area contributed by atoms with Gasteiger partial charge in [0, 0.05) is 0 Å². The third kappa shape index (κ3) is 53.7. The smallest absolute Gasteiger partial charge is 0.359 e. The molecule has 0 aromatic rings. The zero-order chi connectivity index (χ0) is 8.57. The van der Waals surface area contributed by atoms with Gasteiger partial charge in [-0.1, -0.05) is 0 Å². The van der Waals surface area contributed by atoms with E-state index < -0.39 is 5.97 Å². The summed E-state index contributed by atoms with van der Waals surface area (Å²) in [6.07, 6.45) is 0. The van der Waals surface area contributed by atoms with E-state index in [0.29, 0.717) is 5.48 Å². The molecule has 0 aliphatic carbocycles. The van der Waals surface area contributed by atoms with Gasteiger partial charge in [-0.25, -0.2) is 4.79 Å². The number of carboxylic acid groups (broad SMARTS) is 1. The predicted molar refractivity (Wildman–Crippen MR) is 37.4 cm³/mol. The van der Waals surface area contributed by atoms with Gasteiger partial charge in [0.25, 0.3) is 0 Å². The molecule has 0 saturated carbocycles. The van der Waals surface area contributed by atoms with Crippen LogP contribution in [0.15, 0.2) is 0 Å². The van der Waals surface area contributed by atoms with Gasteiger partial charge < -0.3 is 20.7 Å². The first-order valence-corrected chi connectivity index (χ1v) is 2.77. The number of hydrogen-bond donors (Lipinski definition) is 2. The van der Waals surface area contributed by atoms with Crippen molar-refractivity contribution in [3.8, 4) is 0 Å². The van der Waals surface area contributed by atoms with Crippen molar-refractivity contribution in [2.45, 2.75) is 0 Å². The lowest BCUT2D eigenvalue weighted by Gasteiger charge is -1.92. The normalized spacial score (nSPS) is 8.50. The molecule has 0 saturated heterocycles. The van der Waals surface area contributed by atoms with Crippen molar-refractivity contribution in [3.63, 3.8) is 0 Å². The monoisotopic (exact) mass is 150 g/mol. The van der Waals surface area contributed by atoms with Gasteiger partial charge in [-0.2, -0.15) is 0 Å². The lowest BCUT2D eigenvalue weighted by molar-refractivity contribution is -0.578. The largest absolute Gasteiger partial charge is 0.635 e. The fraction of sp³-hybridized carbons (Fsp3) is 0.800. The van der Waals surface area contributed by atoms with Gasteiger partial charge in [0.1, 0.15) is 0 Å². The van der Waals surface area contributed by atoms with Gasteiger partial charge in [-0.3, -0.25) is 0 Å². The van der Waals surface area contributed by atoms with E-state index in [1.54, 1.807) is 0 Å². The van der Waals surface area contributed by atoms with Crippen molar-refractivity contribution in [2.75, 3.05) is 27.7 Å². The Kier molecular flexibility index (Phi) is 10.1. The molecule has 0 bridgehead atoms. The van der Waals surface area contributed by atoms with E-state index in [4.69, 9.17) is 5.11 Å². The molecule has 0 aromatic carbocycles. The number of rotatable bonds is 2. The fourth-order valence-electron chi connectivity index (χ4n) is 0.0713. The second kappa shape index (κ2) is 8.35. The fourth-order valence-corrected chi connectivity index (χ4v) is 0.0713. The average Bonchev–Trinajstić information content (AvgIpc) is 1.62. The van der Waals surface area contributed by atoms with Gasteiger partial charge in [0.05, 0.1) is 0 Å². The summed E-state index contributed by atoms with van der Waals surface area (Å²) in [5.41, 5.74) is 0.350. The standard InChI is InChI=1S/C3H9N.C2H5NO3/c1-4(2)3;4-2(5)1-3-6/h1-3H3;1,3H2,(H,4,5). The zero-order valence-electron chi connectivity index (χ0n) is 6.50. The maximum Gasteiger partial charge on any atom is 0.359 e. The summed E-state index contributed by atoms with van der Waals surface area (Å²) in [4.78, 5) is 11.4. The summed E-state index contributed by atoms with van der Waals surface area (Å²) in [5, 5.41) is 16.9. The van der Waals surface area contributed by atoms with Crippen LogP contribution in [0.1, 0.15) is 0 Å². The minimum absolute atomic E-state index is 0.350. The van der Waals surface area contributed by atoms with Crippen LogP contribution in [0.3, 0.4) is 0 Å². The van der Waals surface area contributed by atoms with Crippen LogP contribution in [-0.4, -0.2) is 43.7 Å². The number of hydroxylamine groups is 1. The third-order valence-corrected chi connectivity index (χ3v) is 0.258. The lowest BCUT2D eigenvalue weighted by atomic mass is 10.7. The second-order valence-electron chi connectivity index (χ2n) is 2.11. The number of nitrogens with zero attached hydrogens (tertiary/aromatic N) is 1. The second-order valence-corrected chi connectivity index (χ2v) is 2.11. The van der Waals surface area contributed by atoms with Crippen molar-refractivity contribution in [2.24, 2.45) is 0 Å². The predicted octanol–water partition coefficient (Wildman–Crippen LogP) is -1.69. The molecule has 5 nitrogen and oxygen atoms in total. The van der Waals surface area contributed by atoms with Crippen molar-refractivity contribution in [1.29, 1.82) is 0 Å². The SMILES string of the molecule is CN(C)C.O=C(O)C[NH2+][O-]. The Bertz CT molecular complexity index is 82.2. The Morgan fingerprint density at radius 3 is 1.90 bits per heavy atom. The van der Waals surface area contributed by atoms with Crippen molar-refractivity contribution < 1.29 is 15.4 Å². The van der Waals surface area contributed by atoms with Crippen LogP contribution in [-0.2, 0) is 4.79 Å². The highest BCUT2D eigenvalue weighted by Gasteiger charge is 1.88. The van der Waals surface area contributed by atoms with E-state index in [2.05, 4.69) is 0 Å². The summed E-state index contributed by atoms with van der Waals surface area (Å²) in [5.74, 6) is -1.08. The minimum Gasteiger partial charge on any atom is -0.635 e. The highest BCUT2D eigenvalue weighted by Crippen LogP contribution is 1.47. The number of quaternary nitrogens is 1. The Labute approximate surface area is 60.2 Å². The molecule has 0 atom stereocenters. The number of nitrogens with two attached hydrogens (primary N) is 1. The topological polar surface area (TPSA) is 80.2 Å². The third-order valence-electron chi connectivity index (χ3n) is 0.258. The molecule has 0 heterocycles. The highest BCUT2D eigenvalue weighted by molar-refractivity contribution is 5.67. The van der Waals surface area contributed by atoms with Crippen LogP contribution in [0.25, 0.3) is 0 Å². The maximum absolute atomic E-state index is 9.37. The molecule has 0 aliphatic heterocycles. The first-order chi connectivity index (χ1) is 4.50. The van der Waals surface area contributed by atoms with Crippen molar-refractivity contribution in [3.05, 3.63) is 5.21 Å². The van der Waals surface area contributed by atoms with E-state index in [9.17, 15) is 10.0 Å². The van der Waals surface area contributed by atoms with E-state index in [-0.39, 0.29) is 6.54 Å². The lowest BCUT2D eigenvalue weighted by Crippen LogP contribution is -2.79. The summed E-state index contributed by atoms with van der Waals surface area (Å²) < 4.78 is 0. The number of carbonyl (C=O) groups is 1. The Morgan fingerprint density at radius 1 is 1.60 bits per heavy atom. The quantitative estimate of drug-likeness (QED) is 0.460. The van der Waals surface area contributed by atoms with Crippen LogP contribution < -0.4 is 5.48 Å². The summed E-state index contributed by atoms with van der Waals surface area (Å²) in [6.45, 7) is -0.389. The maximum atomic E-state index is 9.37. The van der Waals surface area contributed by atoms with Gasteiger partial charge in [0.2, 0.25) is 0 Å². The van der Waals surface area contributed by atoms with E-state index in [1.165, 1.54) is 0 Å². The molecule has 0 rings (SSSR count). The van der Waals surface area contributed by atoms with Gasteiger partial charge in [-0.05, 0) is 21.1 Å². The van der Waals surface area contributed by atoms with E-state index >= 15 is 0 Å². The summed E-state index contributed by atoms with van der Waals surface area (Å²) >= 11 is 0. The molecule has 3 N–H and O–H groups in total. The number of hydrogen-bond acceptors (Lipinski definition) is 3. The van der Waals surface area contributed by atoms with E-state index in [1.807, 2.05) is 26.0 Å². The zero-order valence-corrected chi connectivity index (χ0v) is 6.50. The molecular formula is C5H14N2O3. The summed E-state index contributed by atoms with van der Waals surface area (Å²) in [6, 6.07) is 0. The first kappa shape index (κ1) is 12.1. The Balaban J connectivity index is 0. The van der Waals surface area contributed by atoms with Crippen molar-refractivity contribution in [1.82, 2.24) is 4.90 Å². The van der Waals surface area contributed by atoms with Crippen molar-refractivity contribution >= 4 is 5.97 Å². The van der Waals surface area contributed by atoms with Gasteiger partial charge >= 0.3 is 5.97 Å². The molecule has 5 heteroatoms. The first-order valence-electron chi connectivity index (χ1n) is 2.77.